The Morgan fingerprint density at radius 3 is 2.72 bits per heavy atom. The fraction of sp³-hybridized carbons (Fsp3) is 0.773. The summed E-state index contributed by atoms with van der Waals surface area (Å²) in [5.41, 5.74) is 2.97. The van der Waals surface area contributed by atoms with Gasteiger partial charge in [0.1, 0.15) is 0 Å². The summed E-state index contributed by atoms with van der Waals surface area (Å²) >= 11 is 0. The Hall–Kier alpha value is -1.09. The summed E-state index contributed by atoms with van der Waals surface area (Å²) in [7, 11) is 0. The summed E-state index contributed by atoms with van der Waals surface area (Å²) in [5.74, 6) is 0.922. The van der Waals surface area contributed by atoms with Crippen molar-refractivity contribution in [3.05, 3.63) is 23.8 Å². The Morgan fingerprint density at radius 2 is 2.08 bits per heavy atom. The number of fused-ring (bicyclic) bond motifs is 1. The molecule has 0 unspecified atom stereocenters. The van der Waals surface area contributed by atoms with Crippen molar-refractivity contribution in [1.82, 2.24) is 0 Å². The lowest BCUT2D eigenvalue weighted by atomic mass is 9.47. The number of hydrogen-bond donors (Lipinski definition) is 1. The van der Waals surface area contributed by atoms with Gasteiger partial charge in [-0.15, -0.1) is 0 Å². The zero-order valence-corrected chi connectivity index (χ0v) is 16.6. The molecule has 3 heteroatoms. The molecule has 2 aliphatic rings. The quantitative estimate of drug-likeness (QED) is 0.540. The number of allylic oxidation sites excluding steroid dienone is 2. The molecule has 2 saturated carbocycles. The van der Waals surface area contributed by atoms with E-state index < -0.39 is 0 Å². The van der Waals surface area contributed by atoms with Crippen LogP contribution >= 0.6 is 0 Å². The molecule has 0 aromatic carbocycles. The topological polar surface area (TPSA) is 46.5 Å². The number of aliphatic hydroxyl groups excluding tert-OH is 1. The number of carbonyl (C=O) groups excluding carboxylic acids is 1. The molecule has 0 amide bonds. The normalized spacial score (nSPS) is 36.0. The van der Waals surface area contributed by atoms with E-state index in [0.717, 1.165) is 32.1 Å². The fourth-order valence-corrected chi connectivity index (χ4v) is 5.69. The maximum Gasteiger partial charge on any atom is 0.302 e. The van der Waals surface area contributed by atoms with Crippen LogP contribution in [0.5, 0.6) is 0 Å². The van der Waals surface area contributed by atoms with Crippen molar-refractivity contribution in [2.24, 2.45) is 22.7 Å². The Labute approximate surface area is 153 Å². The van der Waals surface area contributed by atoms with E-state index in [4.69, 9.17) is 9.84 Å². The van der Waals surface area contributed by atoms with Gasteiger partial charge in [0.2, 0.25) is 0 Å². The highest BCUT2D eigenvalue weighted by atomic mass is 16.5. The average molecular weight is 349 g/mol. The summed E-state index contributed by atoms with van der Waals surface area (Å²) in [6.45, 7) is 13.5. The summed E-state index contributed by atoms with van der Waals surface area (Å²) in [6, 6.07) is 0. The first-order valence-electron chi connectivity index (χ1n) is 9.80. The van der Waals surface area contributed by atoms with Crippen LogP contribution in [0.3, 0.4) is 0 Å². The van der Waals surface area contributed by atoms with Crippen molar-refractivity contribution in [3.8, 4) is 0 Å². The van der Waals surface area contributed by atoms with Crippen LogP contribution in [-0.2, 0) is 9.53 Å². The smallest absolute Gasteiger partial charge is 0.302 e. The molecule has 0 spiro atoms. The van der Waals surface area contributed by atoms with Crippen molar-refractivity contribution < 1.29 is 14.6 Å². The maximum atomic E-state index is 11.4. The summed E-state index contributed by atoms with van der Waals surface area (Å²) in [4.78, 5) is 11.4. The molecule has 142 valence electrons. The standard InChI is InChI=1S/C22H36O3/c1-16(11-14-23)7-9-19-17(2)8-10-20-21(4,15-25-18(3)24)12-6-13-22(19,20)5/h11,19-20,23H,2,6-10,12-15H2,1,3-5H3/b16-11+/t19-,20-,21-,22+/m0/s1. The van der Waals surface area contributed by atoms with Gasteiger partial charge in [0.05, 0.1) is 13.2 Å². The third-order valence-electron chi connectivity index (χ3n) is 7.02. The molecule has 2 rings (SSSR count). The maximum absolute atomic E-state index is 11.4. The molecule has 1 N–H and O–H groups in total. The molecule has 4 atom stereocenters. The minimum absolute atomic E-state index is 0.0770. The molecule has 25 heavy (non-hydrogen) atoms. The van der Waals surface area contributed by atoms with E-state index in [0.29, 0.717) is 18.4 Å². The Morgan fingerprint density at radius 1 is 1.36 bits per heavy atom. The molecule has 2 aliphatic carbocycles. The Balaban J connectivity index is 2.20. The second kappa shape index (κ2) is 8.07. The van der Waals surface area contributed by atoms with Crippen LogP contribution in [0.15, 0.2) is 23.8 Å². The molecule has 0 saturated heterocycles. The first-order chi connectivity index (χ1) is 11.7. The van der Waals surface area contributed by atoms with Crippen LogP contribution in [0, 0.1) is 22.7 Å². The van der Waals surface area contributed by atoms with Crippen LogP contribution in [0.25, 0.3) is 0 Å². The van der Waals surface area contributed by atoms with Gasteiger partial charge in [-0.25, -0.2) is 0 Å². The van der Waals surface area contributed by atoms with Crippen molar-refractivity contribution in [2.45, 2.75) is 72.6 Å². The minimum Gasteiger partial charge on any atom is -0.465 e. The van der Waals surface area contributed by atoms with Gasteiger partial charge in [-0.2, -0.15) is 0 Å². The lowest BCUT2D eigenvalue weighted by Gasteiger charge is -2.58. The van der Waals surface area contributed by atoms with Crippen LogP contribution in [0.1, 0.15) is 72.6 Å². The molecule has 0 aliphatic heterocycles. The lowest BCUT2D eigenvalue weighted by Crippen LogP contribution is -2.52. The first kappa shape index (κ1) is 20.2. The van der Waals surface area contributed by atoms with Crippen molar-refractivity contribution in [2.75, 3.05) is 13.2 Å². The van der Waals surface area contributed by atoms with Gasteiger partial charge in [0.25, 0.3) is 0 Å². The highest BCUT2D eigenvalue weighted by molar-refractivity contribution is 5.65. The second-order valence-electron chi connectivity index (χ2n) is 8.87. The monoisotopic (exact) mass is 348 g/mol. The molecule has 2 fully saturated rings. The summed E-state index contributed by atoms with van der Waals surface area (Å²) in [5, 5.41) is 9.10. The fourth-order valence-electron chi connectivity index (χ4n) is 5.69. The van der Waals surface area contributed by atoms with Crippen molar-refractivity contribution >= 4 is 5.97 Å². The van der Waals surface area contributed by atoms with Crippen molar-refractivity contribution in [3.63, 3.8) is 0 Å². The number of hydrogen-bond acceptors (Lipinski definition) is 3. The number of aliphatic hydroxyl groups is 1. The molecule has 0 bridgehead atoms. The van der Waals surface area contributed by atoms with Gasteiger partial charge in [-0.3, -0.25) is 4.79 Å². The summed E-state index contributed by atoms with van der Waals surface area (Å²) < 4.78 is 5.47. The third-order valence-corrected chi connectivity index (χ3v) is 7.02. The molecule has 3 nitrogen and oxygen atoms in total. The second-order valence-corrected chi connectivity index (χ2v) is 8.87. The van der Waals surface area contributed by atoms with E-state index >= 15 is 0 Å². The Bertz CT molecular complexity index is 535. The highest BCUT2D eigenvalue weighted by Gasteiger charge is 2.54. The number of carbonyl (C=O) groups is 1. The first-order valence-corrected chi connectivity index (χ1v) is 9.80. The van der Waals surface area contributed by atoms with Crippen LogP contribution in [0.4, 0.5) is 0 Å². The van der Waals surface area contributed by atoms with Gasteiger partial charge >= 0.3 is 5.97 Å². The molecule has 0 radical (unpaired) electrons. The van der Waals surface area contributed by atoms with Gasteiger partial charge < -0.3 is 9.84 Å². The number of esters is 1. The zero-order valence-electron chi connectivity index (χ0n) is 16.6. The zero-order chi connectivity index (χ0) is 18.7. The minimum atomic E-state index is -0.171. The van der Waals surface area contributed by atoms with E-state index in [1.807, 2.05) is 6.08 Å². The van der Waals surface area contributed by atoms with E-state index in [9.17, 15) is 4.79 Å². The largest absolute Gasteiger partial charge is 0.465 e. The van der Waals surface area contributed by atoms with Gasteiger partial charge in [-0.05, 0) is 62.7 Å². The summed E-state index contributed by atoms with van der Waals surface area (Å²) in [6.07, 6.45) is 9.86. The predicted octanol–water partition coefficient (Wildman–Crippen LogP) is 5.05. The van der Waals surface area contributed by atoms with Crippen molar-refractivity contribution in [1.29, 1.82) is 0 Å². The van der Waals surface area contributed by atoms with Gasteiger partial charge in [0.15, 0.2) is 0 Å². The van der Waals surface area contributed by atoms with Crippen LogP contribution in [-0.4, -0.2) is 24.3 Å². The van der Waals surface area contributed by atoms with E-state index in [1.165, 1.54) is 30.9 Å². The molecule has 0 aromatic rings. The van der Waals surface area contributed by atoms with E-state index in [2.05, 4.69) is 27.4 Å². The van der Waals surface area contributed by atoms with Gasteiger partial charge in [0, 0.05) is 12.3 Å². The highest BCUT2D eigenvalue weighted by Crippen LogP contribution is 2.62. The van der Waals surface area contributed by atoms with E-state index in [1.54, 1.807) is 0 Å². The molecule has 0 aromatic heterocycles. The molecular formula is C22H36O3. The van der Waals surface area contributed by atoms with Gasteiger partial charge in [-0.1, -0.05) is 44.1 Å². The van der Waals surface area contributed by atoms with Crippen LogP contribution < -0.4 is 0 Å². The Kier molecular flexibility index (Phi) is 6.53. The average Bonchev–Trinajstić information content (AvgIpc) is 2.52. The predicted molar refractivity (Wildman–Crippen MR) is 102 cm³/mol. The number of ether oxygens (including phenoxy) is 1. The number of rotatable bonds is 6. The lowest BCUT2D eigenvalue weighted by molar-refractivity contribution is -0.152. The van der Waals surface area contributed by atoms with Crippen LogP contribution in [0.2, 0.25) is 0 Å². The SMILES string of the molecule is C=C1CC[C@H]2[C@](C)(COC(C)=O)CCC[C@]2(C)[C@H]1CC/C(C)=C/CO. The molecular weight excluding hydrogens is 312 g/mol. The third kappa shape index (κ3) is 4.36. The van der Waals surface area contributed by atoms with E-state index in [-0.39, 0.29) is 23.4 Å². The molecule has 0 heterocycles.